The molecule has 0 radical (unpaired) electrons. The van der Waals surface area contributed by atoms with Gasteiger partial charge in [0.25, 0.3) is 0 Å². The number of nitrogens with zero attached hydrogens (tertiary/aromatic N) is 1. The van der Waals surface area contributed by atoms with Gasteiger partial charge in [0.05, 0.1) is 11.4 Å². The fourth-order valence-corrected chi connectivity index (χ4v) is 6.08. The SMILES string of the molecule is c1ccc2c(c1)Sc1ccccc1N2c1ccc2c3ccccc3c3ccccc3c2c1. The minimum atomic E-state index is 1.19. The largest absolute Gasteiger partial charge is 0.308 e. The molecule has 150 valence electrons. The summed E-state index contributed by atoms with van der Waals surface area (Å²) in [6.45, 7) is 0. The molecule has 0 bridgehead atoms. The van der Waals surface area contributed by atoms with E-state index in [-0.39, 0.29) is 0 Å². The Morgan fingerprint density at radius 2 is 0.844 bits per heavy atom. The molecule has 6 aromatic rings. The first kappa shape index (κ1) is 17.9. The fourth-order valence-electron chi connectivity index (χ4n) is 5.02. The zero-order valence-corrected chi connectivity index (χ0v) is 18.1. The number of hydrogen-bond acceptors (Lipinski definition) is 2. The van der Waals surface area contributed by atoms with Crippen LogP contribution in [0.2, 0.25) is 0 Å². The number of para-hydroxylation sites is 2. The maximum Gasteiger partial charge on any atom is 0.0601 e. The van der Waals surface area contributed by atoms with Gasteiger partial charge < -0.3 is 4.90 Å². The molecule has 0 amide bonds. The molecule has 0 unspecified atom stereocenters. The number of anilines is 3. The molecule has 0 N–H and O–H groups in total. The number of benzene rings is 6. The molecule has 0 saturated carbocycles. The molecule has 0 saturated heterocycles. The molecule has 0 aromatic heterocycles. The van der Waals surface area contributed by atoms with Crippen molar-refractivity contribution in [2.45, 2.75) is 9.79 Å². The third kappa shape index (κ3) is 2.54. The van der Waals surface area contributed by atoms with Crippen molar-refractivity contribution in [3.05, 3.63) is 115 Å². The summed E-state index contributed by atoms with van der Waals surface area (Å²) in [4.78, 5) is 4.98. The van der Waals surface area contributed by atoms with Gasteiger partial charge in [-0.1, -0.05) is 90.6 Å². The summed E-state index contributed by atoms with van der Waals surface area (Å²) < 4.78 is 0. The van der Waals surface area contributed by atoms with Gasteiger partial charge in [-0.25, -0.2) is 0 Å². The Morgan fingerprint density at radius 3 is 1.41 bits per heavy atom. The number of rotatable bonds is 1. The topological polar surface area (TPSA) is 3.24 Å². The second-order valence-corrected chi connectivity index (χ2v) is 9.28. The molecule has 2 heteroatoms. The van der Waals surface area contributed by atoms with Gasteiger partial charge in [-0.15, -0.1) is 0 Å². The van der Waals surface area contributed by atoms with Crippen molar-refractivity contribution >= 4 is 61.1 Å². The molecule has 1 nitrogen and oxygen atoms in total. The van der Waals surface area contributed by atoms with E-state index >= 15 is 0 Å². The molecule has 0 atom stereocenters. The normalized spacial score (nSPS) is 12.8. The first-order valence-corrected chi connectivity index (χ1v) is 11.7. The smallest absolute Gasteiger partial charge is 0.0601 e. The molecular formula is C30H19NS. The van der Waals surface area contributed by atoms with E-state index in [9.17, 15) is 0 Å². The molecule has 1 aliphatic rings. The van der Waals surface area contributed by atoms with Gasteiger partial charge in [0.1, 0.15) is 0 Å². The van der Waals surface area contributed by atoms with Crippen molar-refractivity contribution < 1.29 is 0 Å². The predicted octanol–water partition coefficient (Wildman–Crippen LogP) is 9.08. The first-order valence-electron chi connectivity index (χ1n) is 10.9. The van der Waals surface area contributed by atoms with Crippen LogP contribution in [0.1, 0.15) is 0 Å². The van der Waals surface area contributed by atoms with Crippen molar-refractivity contribution in [2.75, 3.05) is 4.90 Å². The van der Waals surface area contributed by atoms with Gasteiger partial charge in [-0.05, 0) is 68.7 Å². The van der Waals surface area contributed by atoms with Gasteiger partial charge in [0, 0.05) is 15.5 Å². The molecule has 6 aromatic carbocycles. The van der Waals surface area contributed by atoms with E-state index in [0.29, 0.717) is 0 Å². The summed E-state index contributed by atoms with van der Waals surface area (Å²) in [5.41, 5.74) is 3.67. The molecule has 7 rings (SSSR count). The van der Waals surface area contributed by atoms with E-state index in [2.05, 4.69) is 120 Å². The van der Waals surface area contributed by atoms with Crippen molar-refractivity contribution in [2.24, 2.45) is 0 Å². The maximum absolute atomic E-state index is 2.41. The highest BCUT2D eigenvalue weighted by Gasteiger charge is 2.24. The summed E-state index contributed by atoms with van der Waals surface area (Å²) >= 11 is 1.85. The predicted molar refractivity (Wildman–Crippen MR) is 138 cm³/mol. The molecule has 1 aliphatic heterocycles. The zero-order valence-electron chi connectivity index (χ0n) is 17.3. The summed E-state index contributed by atoms with van der Waals surface area (Å²) in [6, 6.07) is 41.8. The lowest BCUT2D eigenvalue weighted by Crippen LogP contribution is -2.14. The lowest BCUT2D eigenvalue weighted by molar-refractivity contribution is 1.17. The molecular weight excluding hydrogens is 406 g/mol. The van der Waals surface area contributed by atoms with Crippen LogP contribution in [0.3, 0.4) is 0 Å². The summed E-state index contributed by atoms with van der Waals surface area (Å²) in [5.74, 6) is 0. The third-order valence-corrected chi connectivity index (χ3v) is 7.55. The summed E-state index contributed by atoms with van der Waals surface area (Å²) in [6.07, 6.45) is 0. The highest BCUT2D eigenvalue weighted by molar-refractivity contribution is 7.99. The Kier molecular flexibility index (Phi) is 3.84. The molecule has 32 heavy (non-hydrogen) atoms. The van der Waals surface area contributed by atoms with Gasteiger partial charge in [-0.3, -0.25) is 0 Å². The Bertz CT molecular complexity index is 1590. The maximum atomic E-state index is 2.41. The third-order valence-electron chi connectivity index (χ3n) is 6.42. The van der Waals surface area contributed by atoms with Crippen LogP contribution in [0.15, 0.2) is 125 Å². The summed E-state index contributed by atoms with van der Waals surface area (Å²) in [5, 5.41) is 7.83. The van der Waals surface area contributed by atoms with E-state index in [4.69, 9.17) is 0 Å². The van der Waals surface area contributed by atoms with Crippen LogP contribution in [-0.4, -0.2) is 0 Å². The van der Waals surface area contributed by atoms with Crippen molar-refractivity contribution in [3.63, 3.8) is 0 Å². The molecule has 0 spiro atoms. The second-order valence-electron chi connectivity index (χ2n) is 8.19. The van der Waals surface area contributed by atoms with Crippen LogP contribution in [0, 0.1) is 0 Å². The molecule has 0 fully saturated rings. The highest BCUT2D eigenvalue weighted by atomic mass is 32.2. The van der Waals surface area contributed by atoms with E-state index in [1.165, 1.54) is 59.2 Å². The monoisotopic (exact) mass is 425 g/mol. The van der Waals surface area contributed by atoms with Crippen LogP contribution in [0.25, 0.3) is 32.3 Å². The first-order chi connectivity index (χ1) is 15.9. The van der Waals surface area contributed by atoms with E-state index in [1.807, 2.05) is 11.8 Å². The van der Waals surface area contributed by atoms with Crippen LogP contribution in [-0.2, 0) is 0 Å². The lowest BCUT2D eigenvalue weighted by Gasteiger charge is -2.33. The minimum absolute atomic E-state index is 1.19. The second kappa shape index (κ2) is 6.88. The Hall–Kier alpha value is -3.75. The number of fused-ring (bicyclic) bond motifs is 8. The van der Waals surface area contributed by atoms with Gasteiger partial charge in [0.15, 0.2) is 0 Å². The Balaban J connectivity index is 1.57. The van der Waals surface area contributed by atoms with Crippen LogP contribution >= 0.6 is 11.8 Å². The molecule has 0 aliphatic carbocycles. The molecule has 1 heterocycles. The van der Waals surface area contributed by atoms with E-state index in [0.717, 1.165) is 0 Å². The fraction of sp³-hybridized carbons (Fsp3) is 0. The summed E-state index contributed by atoms with van der Waals surface area (Å²) in [7, 11) is 0. The minimum Gasteiger partial charge on any atom is -0.308 e. The van der Waals surface area contributed by atoms with Gasteiger partial charge >= 0.3 is 0 Å². The zero-order chi connectivity index (χ0) is 21.1. The van der Waals surface area contributed by atoms with Crippen LogP contribution < -0.4 is 4.90 Å². The van der Waals surface area contributed by atoms with Crippen molar-refractivity contribution in [1.82, 2.24) is 0 Å². The van der Waals surface area contributed by atoms with Crippen molar-refractivity contribution in [1.29, 1.82) is 0 Å². The van der Waals surface area contributed by atoms with E-state index < -0.39 is 0 Å². The quantitative estimate of drug-likeness (QED) is 0.241. The lowest BCUT2D eigenvalue weighted by atomic mass is 9.94. The van der Waals surface area contributed by atoms with E-state index in [1.54, 1.807) is 0 Å². The van der Waals surface area contributed by atoms with Crippen molar-refractivity contribution in [3.8, 4) is 0 Å². The highest BCUT2D eigenvalue weighted by Crippen LogP contribution is 2.51. The Morgan fingerprint density at radius 1 is 0.406 bits per heavy atom. The average Bonchev–Trinajstić information content (AvgIpc) is 2.87. The van der Waals surface area contributed by atoms with Gasteiger partial charge in [-0.2, -0.15) is 0 Å². The van der Waals surface area contributed by atoms with Gasteiger partial charge in [0.2, 0.25) is 0 Å². The van der Waals surface area contributed by atoms with Crippen LogP contribution in [0.5, 0.6) is 0 Å². The average molecular weight is 426 g/mol. The standard InChI is InChI=1S/C30H19NS/c1-2-11-23-21(9-1)22-10-3-4-12-24(22)26-19-20(17-18-25(23)26)31-27-13-5-7-15-29(27)32-30-16-8-6-14-28(30)31/h1-19H. The number of hydrogen-bond donors (Lipinski definition) is 0. The Labute approximate surface area is 190 Å². The van der Waals surface area contributed by atoms with Crippen LogP contribution in [0.4, 0.5) is 17.1 Å².